The van der Waals surface area contributed by atoms with E-state index in [-0.39, 0.29) is 11.7 Å². The van der Waals surface area contributed by atoms with Crippen molar-refractivity contribution in [3.8, 4) is 0 Å². The van der Waals surface area contributed by atoms with E-state index in [0.29, 0.717) is 5.69 Å². The Morgan fingerprint density at radius 1 is 1.40 bits per heavy atom. The maximum Gasteiger partial charge on any atom is 0.183 e. The number of nitrogens with one attached hydrogen (secondary N) is 1. The van der Waals surface area contributed by atoms with Gasteiger partial charge in [-0.05, 0) is 12.5 Å². The number of aryl methyl sites for hydroxylation is 1. The van der Waals surface area contributed by atoms with Gasteiger partial charge in [0, 0.05) is 11.3 Å². The molecular formula is C12H14N2O. The minimum Gasteiger partial charge on any atom is -0.292 e. The lowest BCUT2D eigenvalue weighted by Crippen LogP contribution is -2.08. The normalized spacial score (nSPS) is 11.2. The molecule has 2 rings (SSSR count). The molecule has 1 heterocycles. The molecule has 0 bridgehead atoms. The molecule has 1 aromatic heterocycles. The third-order valence-corrected chi connectivity index (χ3v) is 2.56. The quantitative estimate of drug-likeness (QED) is 0.761. The SMILES string of the molecule is Cc1cccc2c(C(=O)C(C)C)[nH]nc12. The van der Waals surface area contributed by atoms with Crippen molar-refractivity contribution >= 4 is 16.7 Å². The van der Waals surface area contributed by atoms with E-state index in [0.717, 1.165) is 16.5 Å². The molecule has 1 aromatic carbocycles. The van der Waals surface area contributed by atoms with E-state index in [9.17, 15) is 4.79 Å². The van der Waals surface area contributed by atoms with Crippen LogP contribution in [0.2, 0.25) is 0 Å². The number of fused-ring (bicyclic) bond motifs is 1. The van der Waals surface area contributed by atoms with Crippen LogP contribution in [-0.2, 0) is 0 Å². The van der Waals surface area contributed by atoms with Crippen LogP contribution in [-0.4, -0.2) is 16.0 Å². The maximum absolute atomic E-state index is 11.9. The van der Waals surface area contributed by atoms with Crippen LogP contribution in [0.25, 0.3) is 10.9 Å². The van der Waals surface area contributed by atoms with Crippen molar-refractivity contribution in [2.75, 3.05) is 0 Å². The van der Waals surface area contributed by atoms with E-state index < -0.39 is 0 Å². The number of hydrogen-bond donors (Lipinski definition) is 1. The van der Waals surface area contributed by atoms with Crippen LogP contribution in [0.15, 0.2) is 18.2 Å². The van der Waals surface area contributed by atoms with E-state index in [1.807, 2.05) is 39.0 Å². The first kappa shape index (κ1) is 9.90. The number of rotatable bonds is 2. The van der Waals surface area contributed by atoms with Crippen molar-refractivity contribution in [3.63, 3.8) is 0 Å². The van der Waals surface area contributed by atoms with Gasteiger partial charge in [-0.15, -0.1) is 0 Å². The standard InChI is InChI=1S/C12H14N2O/c1-7(2)12(15)11-9-6-4-5-8(3)10(9)13-14-11/h4-7H,1-3H3,(H,13,14). The lowest BCUT2D eigenvalue weighted by molar-refractivity contribution is 0.0936. The van der Waals surface area contributed by atoms with Crippen molar-refractivity contribution in [1.82, 2.24) is 10.2 Å². The number of aromatic nitrogens is 2. The van der Waals surface area contributed by atoms with Gasteiger partial charge in [-0.25, -0.2) is 0 Å². The summed E-state index contributed by atoms with van der Waals surface area (Å²) in [6, 6.07) is 5.87. The zero-order chi connectivity index (χ0) is 11.0. The number of Topliss-reactive ketones (excluding diaryl/α,β-unsaturated/α-hetero) is 1. The van der Waals surface area contributed by atoms with Crippen molar-refractivity contribution in [1.29, 1.82) is 0 Å². The zero-order valence-corrected chi connectivity index (χ0v) is 9.16. The topological polar surface area (TPSA) is 45.8 Å². The monoisotopic (exact) mass is 202 g/mol. The molecule has 0 spiro atoms. The smallest absolute Gasteiger partial charge is 0.183 e. The first-order valence-corrected chi connectivity index (χ1v) is 5.09. The highest BCUT2D eigenvalue weighted by Crippen LogP contribution is 2.21. The van der Waals surface area contributed by atoms with Gasteiger partial charge >= 0.3 is 0 Å². The molecule has 0 radical (unpaired) electrons. The second-order valence-corrected chi connectivity index (χ2v) is 4.09. The Hall–Kier alpha value is -1.64. The summed E-state index contributed by atoms with van der Waals surface area (Å²) in [6.07, 6.45) is 0. The van der Waals surface area contributed by atoms with Crippen LogP contribution >= 0.6 is 0 Å². The number of aromatic amines is 1. The van der Waals surface area contributed by atoms with Crippen molar-refractivity contribution in [2.24, 2.45) is 5.92 Å². The molecule has 78 valence electrons. The molecule has 0 saturated heterocycles. The lowest BCUT2D eigenvalue weighted by atomic mass is 10.0. The molecule has 0 fully saturated rings. The van der Waals surface area contributed by atoms with Gasteiger partial charge in [0.2, 0.25) is 0 Å². The molecule has 15 heavy (non-hydrogen) atoms. The average molecular weight is 202 g/mol. The molecule has 1 N–H and O–H groups in total. The summed E-state index contributed by atoms with van der Waals surface area (Å²) >= 11 is 0. The molecule has 2 aromatic rings. The van der Waals surface area contributed by atoms with E-state index in [1.165, 1.54) is 0 Å². The summed E-state index contributed by atoms with van der Waals surface area (Å²) in [6.45, 7) is 5.78. The third-order valence-electron chi connectivity index (χ3n) is 2.56. The number of ketones is 1. The number of hydrogen-bond acceptors (Lipinski definition) is 2. The Bertz CT molecular complexity index is 511. The minimum atomic E-state index is -0.00541. The molecule has 0 aliphatic carbocycles. The third kappa shape index (κ3) is 1.54. The van der Waals surface area contributed by atoms with Gasteiger partial charge in [0.05, 0.1) is 5.52 Å². The fourth-order valence-corrected chi connectivity index (χ4v) is 1.66. The van der Waals surface area contributed by atoms with Gasteiger partial charge in [0.25, 0.3) is 0 Å². The number of carbonyl (C=O) groups excluding carboxylic acids is 1. The van der Waals surface area contributed by atoms with Gasteiger partial charge in [-0.2, -0.15) is 5.10 Å². The first-order chi connectivity index (χ1) is 7.11. The molecule has 0 saturated carbocycles. The summed E-state index contributed by atoms with van der Waals surface area (Å²) < 4.78 is 0. The highest BCUT2D eigenvalue weighted by Gasteiger charge is 2.16. The molecule has 3 heteroatoms. The molecule has 0 atom stereocenters. The fraction of sp³-hybridized carbons (Fsp3) is 0.333. The Morgan fingerprint density at radius 3 is 2.80 bits per heavy atom. The van der Waals surface area contributed by atoms with E-state index in [1.54, 1.807) is 0 Å². The molecule has 0 aliphatic heterocycles. The van der Waals surface area contributed by atoms with E-state index in [2.05, 4.69) is 10.2 Å². The fourth-order valence-electron chi connectivity index (χ4n) is 1.66. The minimum absolute atomic E-state index is 0.00541. The number of para-hydroxylation sites is 1. The molecule has 0 aliphatic rings. The highest BCUT2D eigenvalue weighted by atomic mass is 16.1. The summed E-state index contributed by atoms with van der Waals surface area (Å²) in [7, 11) is 0. The highest BCUT2D eigenvalue weighted by molar-refractivity contribution is 6.07. The number of nitrogens with zero attached hydrogens (tertiary/aromatic N) is 1. The lowest BCUT2D eigenvalue weighted by Gasteiger charge is -2.01. The summed E-state index contributed by atoms with van der Waals surface area (Å²) in [5.41, 5.74) is 2.61. The number of H-pyrrole nitrogens is 1. The van der Waals surface area contributed by atoms with Crippen LogP contribution in [0.5, 0.6) is 0 Å². The second kappa shape index (κ2) is 3.50. The van der Waals surface area contributed by atoms with Crippen molar-refractivity contribution in [2.45, 2.75) is 20.8 Å². The molecular weight excluding hydrogens is 188 g/mol. The molecule has 0 unspecified atom stereocenters. The van der Waals surface area contributed by atoms with Crippen LogP contribution in [0.4, 0.5) is 0 Å². The van der Waals surface area contributed by atoms with Crippen molar-refractivity contribution < 1.29 is 4.79 Å². The van der Waals surface area contributed by atoms with Crippen LogP contribution < -0.4 is 0 Å². The second-order valence-electron chi connectivity index (χ2n) is 4.09. The predicted octanol–water partition coefficient (Wildman–Crippen LogP) is 2.71. The number of benzene rings is 1. The largest absolute Gasteiger partial charge is 0.292 e. The Morgan fingerprint density at radius 2 is 2.13 bits per heavy atom. The van der Waals surface area contributed by atoms with Crippen LogP contribution in [0.3, 0.4) is 0 Å². The zero-order valence-electron chi connectivity index (χ0n) is 9.16. The van der Waals surface area contributed by atoms with Gasteiger partial charge < -0.3 is 0 Å². The maximum atomic E-state index is 11.9. The molecule has 0 amide bonds. The molecule has 3 nitrogen and oxygen atoms in total. The van der Waals surface area contributed by atoms with Crippen molar-refractivity contribution in [3.05, 3.63) is 29.5 Å². The van der Waals surface area contributed by atoms with Crippen LogP contribution in [0, 0.1) is 12.8 Å². The van der Waals surface area contributed by atoms with Gasteiger partial charge in [-0.1, -0.05) is 32.0 Å². The summed E-state index contributed by atoms with van der Waals surface area (Å²) in [5.74, 6) is 0.109. The predicted molar refractivity (Wildman–Crippen MR) is 60.0 cm³/mol. The Balaban J connectivity index is 2.64. The van der Waals surface area contributed by atoms with Gasteiger partial charge in [0.15, 0.2) is 5.78 Å². The Labute approximate surface area is 88.5 Å². The van der Waals surface area contributed by atoms with Gasteiger partial charge in [-0.3, -0.25) is 9.89 Å². The first-order valence-electron chi connectivity index (χ1n) is 5.09. The number of carbonyl (C=O) groups is 1. The summed E-state index contributed by atoms with van der Waals surface area (Å²) in [5, 5.41) is 7.94. The summed E-state index contributed by atoms with van der Waals surface area (Å²) in [4.78, 5) is 11.9. The average Bonchev–Trinajstić information content (AvgIpc) is 2.61. The van der Waals surface area contributed by atoms with Crippen LogP contribution in [0.1, 0.15) is 29.9 Å². The van der Waals surface area contributed by atoms with E-state index in [4.69, 9.17) is 0 Å². The van der Waals surface area contributed by atoms with E-state index >= 15 is 0 Å². The Kier molecular flexibility index (Phi) is 2.31. The van der Waals surface area contributed by atoms with Gasteiger partial charge in [0.1, 0.15) is 5.69 Å².